The summed E-state index contributed by atoms with van der Waals surface area (Å²) in [4.78, 5) is 24.0. The molecule has 1 aliphatic carbocycles. The van der Waals surface area contributed by atoms with Gasteiger partial charge in [0.2, 0.25) is 11.8 Å². The van der Waals surface area contributed by atoms with E-state index in [0.717, 1.165) is 37.9 Å². The first-order chi connectivity index (χ1) is 11.6. The van der Waals surface area contributed by atoms with Gasteiger partial charge < -0.3 is 15.4 Å². The van der Waals surface area contributed by atoms with Gasteiger partial charge in [0.15, 0.2) is 0 Å². The van der Waals surface area contributed by atoms with Gasteiger partial charge >= 0.3 is 0 Å². The van der Waals surface area contributed by atoms with Crippen LogP contribution in [0.1, 0.15) is 38.2 Å². The van der Waals surface area contributed by atoms with Crippen LogP contribution in [0, 0.1) is 11.8 Å². The summed E-state index contributed by atoms with van der Waals surface area (Å²) in [5, 5.41) is 5.87. The Morgan fingerprint density at radius 2 is 2.00 bits per heavy atom. The standard InChI is InChI=1S/C19H26N2O3/c1-13(22)21-18(15-6-2-3-7-15)19(23)20-11-14-10-16-8-4-5-9-17(16)24-12-14/h4-5,8-9,14-15,18H,2-3,6-7,10-12H2,1H3,(H,20,23)(H,21,22). The van der Waals surface area contributed by atoms with E-state index < -0.39 is 6.04 Å². The monoisotopic (exact) mass is 330 g/mol. The van der Waals surface area contributed by atoms with Crippen LogP contribution in [0.2, 0.25) is 0 Å². The second-order valence-corrected chi connectivity index (χ2v) is 6.96. The summed E-state index contributed by atoms with van der Waals surface area (Å²) in [6, 6.07) is 7.64. The van der Waals surface area contributed by atoms with Crippen molar-refractivity contribution in [3.63, 3.8) is 0 Å². The molecule has 0 radical (unpaired) electrons. The van der Waals surface area contributed by atoms with Crippen molar-refractivity contribution in [2.75, 3.05) is 13.2 Å². The second kappa shape index (κ2) is 7.69. The van der Waals surface area contributed by atoms with E-state index in [1.807, 2.05) is 18.2 Å². The van der Waals surface area contributed by atoms with Crippen LogP contribution in [0.15, 0.2) is 24.3 Å². The smallest absolute Gasteiger partial charge is 0.242 e. The van der Waals surface area contributed by atoms with Crippen LogP contribution in [0.3, 0.4) is 0 Å². The first kappa shape index (κ1) is 16.8. The van der Waals surface area contributed by atoms with Crippen LogP contribution in [0.5, 0.6) is 5.75 Å². The van der Waals surface area contributed by atoms with Crippen molar-refractivity contribution in [2.24, 2.45) is 11.8 Å². The molecule has 130 valence electrons. The van der Waals surface area contributed by atoms with Crippen LogP contribution < -0.4 is 15.4 Å². The number of hydrogen-bond donors (Lipinski definition) is 2. The molecule has 1 aliphatic heterocycles. The third kappa shape index (κ3) is 4.08. The third-order valence-electron chi connectivity index (χ3n) is 5.03. The average Bonchev–Trinajstić information content (AvgIpc) is 3.11. The number of para-hydroxylation sites is 1. The molecule has 5 nitrogen and oxygen atoms in total. The average molecular weight is 330 g/mol. The van der Waals surface area contributed by atoms with Gasteiger partial charge in [0.05, 0.1) is 6.61 Å². The van der Waals surface area contributed by atoms with E-state index in [1.54, 1.807) is 0 Å². The largest absolute Gasteiger partial charge is 0.493 e. The lowest BCUT2D eigenvalue weighted by Gasteiger charge is -2.27. The molecule has 2 amide bonds. The van der Waals surface area contributed by atoms with Crippen LogP contribution in [-0.2, 0) is 16.0 Å². The van der Waals surface area contributed by atoms with E-state index >= 15 is 0 Å². The molecule has 0 bridgehead atoms. The number of fused-ring (bicyclic) bond motifs is 1. The Balaban J connectivity index is 1.54. The van der Waals surface area contributed by atoms with Crippen molar-refractivity contribution in [2.45, 2.75) is 45.1 Å². The van der Waals surface area contributed by atoms with Crippen LogP contribution in [-0.4, -0.2) is 31.0 Å². The Labute approximate surface area is 143 Å². The molecule has 0 spiro atoms. The van der Waals surface area contributed by atoms with Crippen molar-refractivity contribution in [1.82, 2.24) is 10.6 Å². The Hall–Kier alpha value is -2.04. The van der Waals surface area contributed by atoms with Crippen molar-refractivity contribution in [3.8, 4) is 5.75 Å². The molecule has 1 aromatic carbocycles. The van der Waals surface area contributed by atoms with Crippen molar-refractivity contribution < 1.29 is 14.3 Å². The summed E-state index contributed by atoms with van der Waals surface area (Å²) in [6.07, 6.45) is 5.21. The van der Waals surface area contributed by atoms with E-state index in [-0.39, 0.29) is 23.7 Å². The Kier molecular flexibility index (Phi) is 5.38. The van der Waals surface area contributed by atoms with E-state index in [1.165, 1.54) is 12.5 Å². The highest BCUT2D eigenvalue weighted by atomic mass is 16.5. The number of hydrogen-bond acceptors (Lipinski definition) is 3. The molecule has 1 aromatic rings. The zero-order chi connectivity index (χ0) is 16.9. The zero-order valence-corrected chi connectivity index (χ0v) is 14.2. The number of carbonyl (C=O) groups excluding carboxylic acids is 2. The van der Waals surface area contributed by atoms with Crippen molar-refractivity contribution in [3.05, 3.63) is 29.8 Å². The molecular weight excluding hydrogens is 304 g/mol. The fraction of sp³-hybridized carbons (Fsp3) is 0.579. The highest BCUT2D eigenvalue weighted by molar-refractivity contribution is 5.87. The lowest BCUT2D eigenvalue weighted by Crippen LogP contribution is -2.51. The number of amides is 2. The molecule has 24 heavy (non-hydrogen) atoms. The fourth-order valence-electron chi connectivity index (χ4n) is 3.78. The topological polar surface area (TPSA) is 67.4 Å². The second-order valence-electron chi connectivity index (χ2n) is 6.96. The number of ether oxygens (including phenoxy) is 1. The predicted octanol–water partition coefficient (Wildman–Crippen LogP) is 2.05. The number of benzene rings is 1. The number of rotatable bonds is 5. The predicted molar refractivity (Wildman–Crippen MR) is 91.7 cm³/mol. The normalized spacial score (nSPS) is 21.5. The summed E-state index contributed by atoms with van der Waals surface area (Å²) < 4.78 is 5.77. The maximum absolute atomic E-state index is 12.6. The van der Waals surface area contributed by atoms with E-state index in [0.29, 0.717) is 13.2 Å². The van der Waals surface area contributed by atoms with E-state index in [4.69, 9.17) is 4.74 Å². The van der Waals surface area contributed by atoms with Gasteiger partial charge in [-0.2, -0.15) is 0 Å². The first-order valence-corrected chi connectivity index (χ1v) is 8.89. The highest BCUT2D eigenvalue weighted by Crippen LogP contribution is 2.28. The maximum Gasteiger partial charge on any atom is 0.242 e. The van der Waals surface area contributed by atoms with Gasteiger partial charge in [-0.15, -0.1) is 0 Å². The minimum Gasteiger partial charge on any atom is -0.493 e. The summed E-state index contributed by atoms with van der Waals surface area (Å²) >= 11 is 0. The third-order valence-corrected chi connectivity index (χ3v) is 5.03. The van der Waals surface area contributed by atoms with Crippen LogP contribution in [0.25, 0.3) is 0 Å². The fourth-order valence-corrected chi connectivity index (χ4v) is 3.78. The summed E-state index contributed by atoms with van der Waals surface area (Å²) in [6.45, 7) is 2.67. The molecule has 1 fully saturated rings. The molecule has 2 aliphatic rings. The van der Waals surface area contributed by atoms with Gasteiger partial charge in [-0.05, 0) is 36.8 Å². The molecule has 5 heteroatoms. The van der Waals surface area contributed by atoms with Gasteiger partial charge in [0.1, 0.15) is 11.8 Å². The lowest BCUT2D eigenvalue weighted by molar-refractivity contribution is -0.129. The molecule has 0 saturated heterocycles. The van der Waals surface area contributed by atoms with Crippen LogP contribution in [0.4, 0.5) is 0 Å². The minimum atomic E-state index is -0.401. The SMILES string of the molecule is CC(=O)NC(C(=O)NCC1COc2ccccc2C1)C1CCCC1. The van der Waals surface area contributed by atoms with Gasteiger partial charge in [0, 0.05) is 19.4 Å². The van der Waals surface area contributed by atoms with Crippen LogP contribution >= 0.6 is 0 Å². The van der Waals surface area contributed by atoms with Gasteiger partial charge in [-0.1, -0.05) is 31.0 Å². The quantitative estimate of drug-likeness (QED) is 0.868. The Bertz CT molecular complexity index is 596. The van der Waals surface area contributed by atoms with E-state index in [2.05, 4.69) is 16.7 Å². The van der Waals surface area contributed by atoms with E-state index in [9.17, 15) is 9.59 Å². The molecule has 2 atom stereocenters. The van der Waals surface area contributed by atoms with Crippen molar-refractivity contribution in [1.29, 1.82) is 0 Å². The summed E-state index contributed by atoms with van der Waals surface area (Å²) in [7, 11) is 0. The van der Waals surface area contributed by atoms with Crippen molar-refractivity contribution >= 4 is 11.8 Å². The molecule has 1 heterocycles. The highest BCUT2D eigenvalue weighted by Gasteiger charge is 2.31. The van der Waals surface area contributed by atoms with Gasteiger partial charge in [0.25, 0.3) is 0 Å². The van der Waals surface area contributed by atoms with Gasteiger partial charge in [-0.25, -0.2) is 0 Å². The number of carbonyl (C=O) groups is 2. The first-order valence-electron chi connectivity index (χ1n) is 8.89. The molecule has 2 N–H and O–H groups in total. The summed E-state index contributed by atoms with van der Waals surface area (Å²) in [5.74, 6) is 1.28. The lowest BCUT2D eigenvalue weighted by atomic mass is 9.95. The molecule has 3 rings (SSSR count). The Morgan fingerprint density at radius 3 is 2.75 bits per heavy atom. The maximum atomic E-state index is 12.6. The summed E-state index contributed by atoms with van der Waals surface area (Å²) in [5.41, 5.74) is 1.19. The molecular formula is C19H26N2O3. The number of nitrogens with one attached hydrogen (secondary N) is 2. The zero-order valence-electron chi connectivity index (χ0n) is 14.2. The molecule has 1 saturated carbocycles. The molecule has 0 aromatic heterocycles. The Morgan fingerprint density at radius 1 is 1.25 bits per heavy atom. The molecule has 2 unspecified atom stereocenters. The minimum absolute atomic E-state index is 0.0593. The van der Waals surface area contributed by atoms with Gasteiger partial charge in [-0.3, -0.25) is 9.59 Å².